The van der Waals surface area contributed by atoms with Crippen LogP contribution in [0.15, 0.2) is 34.1 Å². The number of hydrogen-bond donors (Lipinski definition) is 2. The Labute approximate surface area is 119 Å². The zero-order chi connectivity index (χ0) is 13.2. The number of nitrogens with one attached hydrogen (secondary N) is 1. The van der Waals surface area contributed by atoms with E-state index in [0.717, 1.165) is 20.9 Å². The van der Waals surface area contributed by atoms with E-state index < -0.39 is 5.72 Å². The first-order valence-electron chi connectivity index (χ1n) is 5.72. The van der Waals surface area contributed by atoms with Crippen molar-refractivity contribution in [2.24, 2.45) is 0 Å². The molecule has 0 saturated carbocycles. The van der Waals surface area contributed by atoms with Crippen molar-refractivity contribution in [1.29, 1.82) is 0 Å². The lowest BCUT2D eigenvalue weighted by molar-refractivity contribution is 0.0862. The van der Waals surface area contributed by atoms with Crippen LogP contribution in [-0.2, 0) is 0 Å². The molecule has 1 unspecified atom stereocenters. The van der Waals surface area contributed by atoms with Crippen molar-refractivity contribution in [2.75, 3.05) is 5.32 Å². The number of hydrogen-bond acceptors (Lipinski definition) is 4. The van der Waals surface area contributed by atoms with E-state index in [2.05, 4.69) is 26.2 Å². The van der Waals surface area contributed by atoms with Crippen LogP contribution < -0.4 is 5.32 Å². The van der Waals surface area contributed by atoms with E-state index in [0.29, 0.717) is 6.42 Å². The molecule has 3 nitrogen and oxygen atoms in total. The first-order chi connectivity index (χ1) is 8.50. The van der Waals surface area contributed by atoms with E-state index in [1.54, 1.807) is 6.92 Å². The highest BCUT2D eigenvalue weighted by Gasteiger charge is 2.18. The zero-order valence-corrected chi connectivity index (χ0v) is 12.7. The maximum absolute atomic E-state index is 9.94. The molecule has 0 aliphatic heterocycles. The predicted octanol–water partition coefficient (Wildman–Crippen LogP) is 4.10. The largest absolute Gasteiger partial charge is 0.371 e. The number of halogens is 1. The number of nitrogens with zero attached hydrogens (tertiary/aromatic N) is 1. The Kier molecular flexibility index (Phi) is 4.04. The molecular weight excluding hydrogens is 312 g/mol. The van der Waals surface area contributed by atoms with Gasteiger partial charge in [-0.05, 0) is 25.5 Å². The second-order valence-corrected chi connectivity index (χ2v) is 6.07. The Morgan fingerprint density at radius 2 is 2.06 bits per heavy atom. The molecule has 18 heavy (non-hydrogen) atoms. The van der Waals surface area contributed by atoms with Crippen LogP contribution in [0.3, 0.4) is 0 Å². The Balaban J connectivity index is 2.18. The maximum atomic E-state index is 9.94. The maximum Gasteiger partial charge on any atom is 0.185 e. The van der Waals surface area contributed by atoms with Gasteiger partial charge in [-0.2, -0.15) is 0 Å². The summed E-state index contributed by atoms with van der Waals surface area (Å²) in [5, 5.41) is 15.7. The van der Waals surface area contributed by atoms with E-state index >= 15 is 0 Å². The van der Waals surface area contributed by atoms with Gasteiger partial charge in [-0.25, -0.2) is 4.98 Å². The molecule has 0 bridgehead atoms. The number of anilines is 1. The van der Waals surface area contributed by atoms with Crippen LogP contribution in [0.4, 0.5) is 5.13 Å². The Hall–Kier alpha value is -0.910. The molecule has 2 rings (SSSR count). The lowest BCUT2D eigenvalue weighted by atomic mass is 10.2. The van der Waals surface area contributed by atoms with Crippen molar-refractivity contribution in [3.8, 4) is 11.3 Å². The van der Waals surface area contributed by atoms with E-state index in [1.807, 2.05) is 36.6 Å². The highest BCUT2D eigenvalue weighted by atomic mass is 79.9. The normalized spacial score (nSPS) is 14.2. The van der Waals surface area contributed by atoms with Gasteiger partial charge in [-0.1, -0.05) is 35.0 Å². The molecule has 1 heterocycles. The summed E-state index contributed by atoms with van der Waals surface area (Å²) in [6, 6.07) is 8.01. The van der Waals surface area contributed by atoms with Gasteiger partial charge in [0.1, 0.15) is 5.72 Å². The van der Waals surface area contributed by atoms with Crippen LogP contribution in [0.2, 0.25) is 0 Å². The van der Waals surface area contributed by atoms with Crippen LogP contribution in [0.5, 0.6) is 0 Å². The molecule has 0 amide bonds. The third-order valence-corrected chi connectivity index (χ3v) is 4.00. The molecule has 2 aromatic rings. The quantitative estimate of drug-likeness (QED) is 0.831. The molecular formula is C13H15BrN2OS. The van der Waals surface area contributed by atoms with Gasteiger partial charge in [0.2, 0.25) is 0 Å². The molecule has 0 radical (unpaired) electrons. The van der Waals surface area contributed by atoms with Crippen molar-refractivity contribution >= 4 is 32.4 Å². The minimum atomic E-state index is -0.908. The van der Waals surface area contributed by atoms with Crippen LogP contribution >= 0.6 is 27.3 Å². The topological polar surface area (TPSA) is 45.1 Å². The van der Waals surface area contributed by atoms with Gasteiger partial charge in [0.05, 0.1) is 5.69 Å². The smallest absolute Gasteiger partial charge is 0.185 e. The summed E-state index contributed by atoms with van der Waals surface area (Å²) in [5.41, 5.74) is 1.08. The Bertz CT molecular complexity index is 522. The van der Waals surface area contributed by atoms with E-state index in [9.17, 15) is 5.11 Å². The molecule has 1 aromatic carbocycles. The molecule has 5 heteroatoms. The minimum absolute atomic E-state index is 0.625. The fourth-order valence-corrected chi connectivity index (χ4v) is 2.51. The Morgan fingerprint density at radius 1 is 1.39 bits per heavy atom. The van der Waals surface area contributed by atoms with Crippen molar-refractivity contribution in [3.63, 3.8) is 0 Å². The molecule has 0 fully saturated rings. The highest BCUT2D eigenvalue weighted by Crippen LogP contribution is 2.27. The lowest BCUT2D eigenvalue weighted by Crippen LogP contribution is -2.33. The number of rotatable bonds is 4. The first-order valence-corrected chi connectivity index (χ1v) is 7.39. The highest BCUT2D eigenvalue weighted by molar-refractivity contribution is 9.10. The molecule has 1 atom stereocenters. The summed E-state index contributed by atoms with van der Waals surface area (Å²) in [5.74, 6) is 0. The summed E-state index contributed by atoms with van der Waals surface area (Å²) in [7, 11) is 0. The van der Waals surface area contributed by atoms with Gasteiger partial charge in [0.25, 0.3) is 0 Å². The van der Waals surface area contributed by atoms with Gasteiger partial charge in [-0.3, -0.25) is 0 Å². The lowest BCUT2D eigenvalue weighted by Gasteiger charge is -2.22. The van der Waals surface area contributed by atoms with Crippen molar-refractivity contribution in [3.05, 3.63) is 34.1 Å². The summed E-state index contributed by atoms with van der Waals surface area (Å²) in [6.45, 7) is 3.67. The van der Waals surface area contributed by atoms with Crippen molar-refractivity contribution in [2.45, 2.75) is 26.0 Å². The molecule has 96 valence electrons. The molecule has 0 aliphatic rings. The monoisotopic (exact) mass is 326 g/mol. The van der Waals surface area contributed by atoms with Gasteiger partial charge in [-0.15, -0.1) is 11.3 Å². The summed E-state index contributed by atoms with van der Waals surface area (Å²) < 4.78 is 1.05. The number of benzene rings is 1. The van der Waals surface area contributed by atoms with Crippen LogP contribution in [0.1, 0.15) is 20.3 Å². The fourth-order valence-electron chi connectivity index (χ4n) is 1.40. The third kappa shape index (κ3) is 3.31. The average molecular weight is 327 g/mol. The average Bonchev–Trinajstić information content (AvgIpc) is 2.78. The molecule has 0 spiro atoms. The summed E-state index contributed by atoms with van der Waals surface area (Å²) in [6.07, 6.45) is 0.625. The van der Waals surface area contributed by atoms with E-state index in [-0.39, 0.29) is 0 Å². The second-order valence-electron chi connectivity index (χ2n) is 4.30. The van der Waals surface area contributed by atoms with Crippen LogP contribution in [-0.4, -0.2) is 15.8 Å². The molecule has 2 N–H and O–H groups in total. The summed E-state index contributed by atoms with van der Waals surface area (Å²) >= 11 is 4.91. The number of thiazole rings is 1. The molecule has 0 aliphatic carbocycles. The zero-order valence-electron chi connectivity index (χ0n) is 10.3. The molecule has 0 saturated heterocycles. The third-order valence-electron chi connectivity index (χ3n) is 2.71. The van der Waals surface area contributed by atoms with Crippen molar-refractivity contribution < 1.29 is 5.11 Å². The number of aliphatic hydroxyl groups is 1. The molecule has 1 aromatic heterocycles. The first kappa shape index (κ1) is 13.5. The van der Waals surface area contributed by atoms with E-state index in [1.165, 1.54) is 11.3 Å². The second kappa shape index (κ2) is 5.38. The minimum Gasteiger partial charge on any atom is -0.371 e. The van der Waals surface area contributed by atoms with Gasteiger partial charge in [0.15, 0.2) is 5.13 Å². The van der Waals surface area contributed by atoms with E-state index in [4.69, 9.17) is 0 Å². The fraction of sp³-hybridized carbons (Fsp3) is 0.308. The van der Waals surface area contributed by atoms with Crippen molar-refractivity contribution in [1.82, 2.24) is 4.98 Å². The Morgan fingerprint density at radius 3 is 2.67 bits per heavy atom. The van der Waals surface area contributed by atoms with Crippen LogP contribution in [0, 0.1) is 0 Å². The van der Waals surface area contributed by atoms with Gasteiger partial charge in [0, 0.05) is 15.4 Å². The SMILES string of the molecule is CCC(C)(O)Nc1nc(-c2ccc(Br)cc2)cs1. The number of aromatic nitrogens is 1. The van der Waals surface area contributed by atoms with Gasteiger partial charge < -0.3 is 10.4 Å². The standard InChI is InChI=1S/C13H15BrN2OS/c1-3-13(2,17)16-12-15-11(8-18-12)9-4-6-10(14)7-5-9/h4-8,17H,3H2,1-2H3,(H,15,16). The summed E-state index contributed by atoms with van der Waals surface area (Å²) in [4.78, 5) is 4.48. The van der Waals surface area contributed by atoms with Crippen LogP contribution in [0.25, 0.3) is 11.3 Å². The predicted molar refractivity (Wildman–Crippen MR) is 79.8 cm³/mol. The van der Waals surface area contributed by atoms with Gasteiger partial charge >= 0.3 is 0 Å².